The van der Waals surface area contributed by atoms with Gasteiger partial charge in [-0.2, -0.15) is 0 Å². The fourth-order valence-corrected chi connectivity index (χ4v) is 3.05. The van der Waals surface area contributed by atoms with Gasteiger partial charge in [0, 0.05) is 15.6 Å². The molecule has 1 atom stereocenters. The van der Waals surface area contributed by atoms with Crippen LogP contribution in [0.2, 0.25) is 5.02 Å². The first-order valence-electron chi connectivity index (χ1n) is 6.81. The molecule has 1 heterocycles. The van der Waals surface area contributed by atoms with Crippen molar-refractivity contribution in [1.82, 2.24) is 5.32 Å². The molecular formula is C16H18BrClFNO. The Morgan fingerprint density at radius 1 is 1.29 bits per heavy atom. The van der Waals surface area contributed by atoms with Gasteiger partial charge in [-0.1, -0.05) is 18.5 Å². The summed E-state index contributed by atoms with van der Waals surface area (Å²) in [6.07, 6.45) is 0. The molecule has 0 amide bonds. The van der Waals surface area contributed by atoms with Crippen LogP contribution in [0.3, 0.4) is 0 Å². The van der Waals surface area contributed by atoms with E-state index in [0.717, 1.165) is 22.6 Å². The molecule has 0 aliphatic rings. The first-order valence-corrected chi connectivity index (χ1v) is 7.98. The van der Waals surface area contributed by atoms with E-state index in [4.69, 9.17) is 16.0 Å². The molecule has 0 fully saturated rings. The lowest BCUT2D eigenvalue weighted by Crippen LogP contribution is -2.24. The Morgan fingerprint density at radius 2 is 1.95 bits per heavy atom. The Balaban J connectivity index is 2.61. The largest absolute Gasteiger partial charge is 0.466 e. The van der Waals surface area contributed by atoms with Crippen LogP contribution in [0.4, 0.5) is 4.39 Å². The Labute approximate surface area is 137 Å². The fourth-order valence-electron chi connectivity index (χ4n) is 2.57. The number of hydrogen-bond acceptors (Lipinski definition) is 2. The third-order valence-electron chi connectivity index (χ3n) is 3.67. The smallest absolute Gasteiger partial charge is 0.129 e. The van der Waals surface area contributed by atoms with E-state index in [1.807, 2.05) is 27.7 Å². The molecule has 2 nitrogen and oxygen atoms in total. The second kappa shape index (κ2) is 6.51. The predicted molar refractivity (Wildman–Crippen MR) is 87.5 cm³/mol. The molecule has 1 N–H and O–H groups in total. The number of halogens is 3. The Hall–Kier alpha value is -0.840. The number of aryl methyl sites for hydroxylation is 2. The zero-order valence-corrected chi connectivity index (χ0v) is 14.8. The van der Waals surface area contributed by atoms with Gasteiger partial charge >= 0.3 is 0 Å². The highest BCUT2D eigenvalue weighted by Gasteiger charge is 2.25. The van der Waals surface area contributed by atoms with E-state index in [-0.39, 0.29) is 11.9 Å². The maximum Gasteiger partial charge on any atom is 0.129 e. The lowest BCUT2D eigenvalue weighted by molar-refractivity contribution is 0.491. The minimum Gasteiger partial charge on any atom is -0.466 e. The third kappa shape index (κ3) is 3.17. The van der Waals surface area contributed by atoms with Gasteiger partial charge in [-0.15, -0.1) is 0 Å². The molecule has 1 aromatic heterocycles. The normalized spacial score (nSPS) is 12.7. The van der Waals surface area contributed by atoms with Crippen molar-refractivity contribution in [3.63, 3.8) is 0 Å². The average Bonchev–Trinajstić information content (AvgIpc) is 2.66. The SMILES string of the molecule is CCNC(c1cc(Cl)c(Br)cc1F)c1c(C)oc(C)c1C. The first-order chi connectivity index (χ1) is 9.86. The summed E-state index contributed by atoms with van der Waals surface area (Å²) in [6.45, 7) is 8.51. The molecule has 0 bridgehead atoms. The monoisotopic (exact) mass is 373 g/mol. The van der Waals surface area contributed by atoms with E-state index in [1.54, 1.807) is 6.07 Å². The van der Waals surface area contributed by atoms with Gasteiger partial charge < -0.3 is 9.73 Å². The van der Waals surface area contributed by atoms with Crippen molar-refractivity contribution >= 4 is 27.5 Å². The standard InChI is InChI=1S/C16H18BrClFNO/c1-5-20-16(15-8(2)9(3)21-10(15)4)11-6-13(18)12(17)7-14(11)19/h6-7,16,20H,5H2,1-4H3. The zero-order chi connectivity index (χ0) is 15.7. The van der Waals surface area contributed by atoms with Crippen LogP contribution in [0.1, 0.15) is 41.2 Å². The van der Waals surface area contributed by atoms with Crippen molar-refractivity contribution in [2.45, 2.75) is 33.7 Å². The van der Waals surface area contributed by atoms with Gasteiger partial charge in [0.1, 0.15) is 17.3 Å². The van der Waals surface area contributed by atoms with Crippen molar-refractivity contribution in [2.24, 2.45) is 0 Å². The van der Waals surface area contributed by atoms with E-state index in [1.165, 1.54) is 6.07 Å². The highest BCUT2D eigenvalue weighted by atomic mass is 79.9. The average molecular weight is 375 g/mol. The maximum absolute atomic E-state index is 14.4. The highest BCUT2D eigenvalue weighted by molar-refractivity contribution is 9.10. The molecule has 2 rings (SSSR count). The van der Waals surface area contributed by atoms with Crippen molar-refractivity contribution in [3.8, 4) is 0 Å². The Kier molecular flexibility index (Phi) is 5.12. The summed E-state index contributed by atoms with van der Waals surface area (Å²) >= 11 is 9.38. The van der Waals surface area contributed by atoms with E-state index in [2.05, 4.69) is 21.2 Å². The van der Waals surface area contributed by atoms with E-state index < -0.39 is 0 Å². The van der Waals surface area contributed by atoms with Crippen LogP contribution < -0.4 is 5.32 Å². The van der Waals surface area contributed by atoms with Crippen molar-refractivity contribution in [3.05, 3.63) is 55.7 Å². The van der Waals surface area contributed by atoms with E-state index in [0.29, 0.717) is 21.6 Å². The van der Waals surface area contributed by atoms with Gasteiger partial charge in [-0.25, -0.2) is 4.39 Å². The first kappa shape index (κ1) is 16.5. The van der Waals surface area contributed by atoms with Crippen LogP contribution in [0.5, 0.6) is 0 Å². The molecule has 5 heteroatoms. The van der Waals surface area contributed by atoms with Gasteiger partial charge in [-0.3, -0.25) is 0 Å². The van der Waals surface area contributed by atoms with E-state index >= 15 is 0 Å². The van der Waals surface area contributed by atoms with Crippen LogP contribution >= 0.6 is 27.5 Å². The zero-order valence-electron chi connectivity index (χ0n) is 12.5. The van der Waals surface area contributed by atoms with Gasteiger partial charge in [0.15, 0.2) is 0 Å². The molecule has 21 heavy (non-hydrogen) atoms. The summed E-state index contributed by atoms with van der Waals surface area (Å²) in [6, 6.07) is 2.79. The van der Waals surface area contributed by atoms with Crippen molar-refractivity contribution in [1.29, 1.82) is 0 Å². The number of hydrogen-bond donors (Lipinski definition) is 1. The summed E-state index contributed by atoms with van der Waals surface area (Å²) in [5, 5.41) is 3.81. The minimum absolute atomic E-state index is 0.280. The predicted octanol–water partition coefficient (Wildman–Crippen LogP) is 5.46. The van der Waals surface area contributed by atoms with Crippen molar-refractivity contribution < 1.29 is 8.81 Å². The van der Waals surface area contributed by atoms with Gasteiger partial charge in [0.25, 0.3) is 0 Å². The fraction of sp³-hybridized carbons (Fsp3) is 0.375. The van der Waals surface area contributed by atoms with Gasteiger partial charge in [0.05, 0.1) is 11.1 Å². The quantitative estimate of drug-likeness (QED) is 0.719. The molecule has 0 saturated carbocycles. The summed E-state index contributed by atoms with van der Waals surface area (Å²) in [7, 11) is 0. The molecule has 0 spiro atoms. The van der Waals surface area contributed by atoms with Crippen LogP contribution in [-0.4, -0.2) is 6.54 Å². The molecule has 2 aromatic rings. The minimum atomic E-state index is -0.296. The Bertz CT molecular complexity index is 669. The van der Waals surface area contributed by atoms with Crippen LogP contribution in [0.15, 0.2) is 21.0 Å². The third-order valence-corrected chi connectivity index (χ3v) is 4.86. The highest BCUT2D eigenvalue weighted by Crippen LogP contribution is 2.35. The van der Waals surface area contributed by atoms with Crippen LogP contribution in [-0.2, 0) is 0 Å². The summed E-state index contributed by atoms with van der Waals surface area (Å²) in [5.41, 5.74) is 2.54. The lowest BCUT2D eigenvalue weighted by Gasteiger charge is -2.20. The maximum atomic E-state index is 14.4. The lowest BCUT2D eigenvalue weighted by atomic mass is 9.95. The summed E-state index contributed by atoms with van der Waals surface area (Å²) in [5.74, 6) is 1.36. The number of nitrogens with one attached hydrogen (secondary N) is 1. The topological polar surface area (TPSA) is 25.2 Å². The Morgan fingerprint density at radius 3 is 2.48 bits per heavy atom. The van der Waals surface area contributed by atoms with Crippen LogP contribution in [0, 0.1) is 26.6 Å². The van der Waals surface area contributed by atoms with Crippen molar-refractivity contribution in [2.75, 3.05) is 6.54 Å². The van der Waals surface area contributed by atoms with E-state index in [9.17, 15) is 4.39 Å². The molecule has 0 aliphatic carbocycles. The van der Waals surface area contributed by atoms with Gasteiger partial charge in [-0.05, 0) is 60.9 Å². The molecule has 0 aliphatic heterocycles. The molecule has 1 unspecified atom stereocenters. The molecule has 0 saturated heterocycles. The molecular weight excluding hydrogens is 357 g/mol. The number of rotatable bonds is 4. The number of benzene rings is 1. The van der Waals surface area contributed by atoms with Gasteiger partial charge in [0.2, 0.25) is 0 Å². The molecule has 1 aromatic carbocycles. The summed E-state index contributed by atoms with van der Waals surface area (Å²) < 4.78 is 20.6. The second-order valence-electron chi connectivity index (χ2n) is 5.03. The van der Waals surface area contributed by atoms with Crippen LogP contribution in [0.25, 0.3) is 0 Å². The molecule has 0 radical (unpaired) electrons. The second-order valence-corrected chi connectivity index (χ2v) is 6.29. The number of furan rings is 1. The summed E-state index contributed by atoms with van der Waals surface area (Å²) in [4.78, 5) is 0. The molecule has 114 valence electrons.